The number of aryl methyl sites for hydroxylation is 2. The van der Waals surface area contributed by atoms with E-state index in [2.05, 4.69) is 10.1 Å². The summed E-state index contributed by atoms with van der Waals surface area (Å²) in [5.74, 6) is 0.383. The van der Waals surface area contributed by atoms with Crippen LogP contribution in [-0.4, -0.2) is 44.8 Å². The van der Waals surface area contributed by atoms with Gasteiger partial charge in [-0.05, 0) is 19.1 Å². The summed E-state index contributed by atoms with van der Waals surface area (Å²) in [6.45, 7) is 2.99. The number of aromatic nitrogens is 3. The molecule has 1 aliphatic heterocycles. The lowest BCUT2D eigenvalue weighted by Gasteiger charge is -2.16. The monoisotopic (exact) mass is 314 g/mol. The van der Waals surface area contributed by atoms with E-state index in [-0.39, 0.29) is 23.3 Å². The quantitative estimate of drug-likeness (QED) is 0.836. The molecule has 1 saturated heterocycles. The van der Waals surface area contributed by atoms with Crippen LogP contribution in [0.25, 0.3) is 0 Å². The van der Waals surface area contributed by atoms with Crippen molar-refractivity contribution in [2.45, 2.75) is 19.4 Å². The van der Waals surface area contributed by atoms with Crippen molar-refractivity contribution >= 4 is 5.91 Å². The van der Waals surface area contributed by atoms with E-state index in [4.69, 9.17) is 4.74 Å². The standard InChI is InChI=1S/C16H18N4O3/c1-11-4-3-5-14(17-11)23-12-8-9-20(10-12)16(22)13-6-7-15(21)19(2)18-13/h3-7,12H,8-10H2,1-2H3. The molecule has 2 aromatic rings. The highest BCUT2D eigenvalue weighted by Crippen LogP contribution is 2.18. The number of carbonyl (C=O) groups is 1. The number of ether oxygens (including phenoxy) is 1. The fraction of sp³-hybridized carbons (Fsp3) is 0.375. The number of carbonyl (C=O) groups excluding carboxylic acids is 1. The first-order valence-electron chi connectivity index (χ1n) is 7.47. The molecule has 3 rings (SSSR count). The molecule has 0 aromatic carbocycles. The lowest BCUT2D eigenvalue weighted by molar-refractivity contribution is 0.0762. The summed E-state index contributed by atoms with van der Waals surface area (Å²) >= 11 is 0. The Morgan fingerprint density at radius 1 is 1.30 bits per heavy atom. The van der Waals surface area contributed by atoms with Crippen LogP contribution in [0.5, 0.6) is 5.88 Å². The van der Waals surface area contributed by atoms with Crippen LogP contribution < -0.4 is 10.3 Å². The van der Waals surface area contributed by atoms with Crippen molar-refractivity contribution in [3.05, 3.63) is 52.1 Å². The minimum atomic E-state index is -0.241. The smallest absolute Gasteiger partial charge is 0.274 e. The molecule has 7 heteroatoms. The lowest BCUT2D eigenvalue weighted by Crippen LogP contribution is -2.33. The van der Waals surface area contributed by atoms with E-state index in [9.17, 15) is 9.59 Å². The second-order valence-corrected chi connectivity index (χ2v) is 5.58. The molecule has 120 valence electrons. The average Bonchev–Trinajstić information content (AvgIpc) is 2.98. The predicted octanol–water partition coefficient (Wildman–Crippen LogP) is 0.777. The minimum absolute atomic E-state index is 0.0826. The maximum Gasteiger partial charge on any atom is 0.274 e. The fourth-order valence-corrected chi connectivity index (χ4v) is 2.54. The highest BCUT2D eigenvalue weighted by atomic mass is 16.5. The van der Waals surface area contributed by atoms with Gasteiger partial charge in [0, 0.05) is 37.8 Å². The van der Waals surface area contributed by atoms with Gasteiger partial charge in [0.05, 0.1) is 6.54 Å². The third-order valence-corrected chi connectivity index (χ3v) is 3.76. The Hall–Kier alpha value is -2.70. The third-order valence-electron chi connectivity index (χ3n) is 3.76. The van der Waals surface area contributed by atoms with E-state index in [1.807, 2.05) is 25.1 Å². The molecule has 7 nitrogen and oxygen atoms in total. The molecule has 0 bridgehead atoms. The Bertz CT molecular complexity index is 787. The first-order valence-corrected chi connectivity index (χ1v) is 7.47. The highest BCUT2D eigenvalue weighted by Gasteiger charge is 2.29. The first-order chi connectivity index (χ1) is 11.0. The topological polar surface area (TPSA) is 77.3 Å². The Morgan fingerprint density at radius 3 is 2.87 bits per heavy atom. The molecule has 0 spiro atoms. The number of amides is 1. The van der Waals surface area contributed by atoms with Crippen molar-refractivity contribution in [3.63, 3.8) is 0 Å². The summed E-state index contributed by atoms with van der Waals surface area (Å²) in [6.07, 6.45) is 0.661. The summed E-state index contributed by atoms with van der Waals surface area (Å²) in [7, 11) is 1.53. The maximum absolute atomic E-state index is 12.4. The summed E-state index contributed by atoms with van der Waals surface area (Å²) in [6, 6.07) is 8.42. The van der Waals surface area contributed by atoms with E-state index in [0.29, 0.717) is 19.0 Å². The van der Waals surface area contributed by atoms with Crippen LogP contribution in [0.4, 0.5) is 0 Å². The van der Waals surface area contributed by atoms with Gasteiger partial charge in [-0.1, -0.05) is 6.07 Å². The largest absolute Gasteiger partial charge is 0.472 e. The van der Waals surface area contributed by atoms with E-state index >= 15 is 0 Å². The zero-order valence-corrected chi connectivity index (χ0v) is 13.1. The van der Waals surface area contributed by atoms with E-state index in [1.54, 1.807) is 4.90 Å². The zero-order valence-electron chi connectivity index (χ0n) is 13.1. The van der Waals surface area contributed by atoms with Crippen LogP contribution in [-0.2, 0) is 7.05 Å². The molecule has 1 amide bonds. The van der Waals surface area contributed by atoms with E-state index in [0.717, 1.165) is 16.8 Å². The SMILES string of the molecule is Cc1cccc(OC2CCN(C(=O)c3ccc(=O)n(C)n3)C2)n1. The minimum Gasteiger partial charge on any atom is -0.472 e. The summed E-state index contributed by atoms with van der Waals surface area (Å²) in [5.41, 5.74) is 0.916. The number of hydrogen-bond donors (Lipinski definition) is 0. The van der Waals surface area contributed by atoms with Gasteiger partial charge >= 0.3 is 0 Å². The Balaban J connectivity index is 1.66. The zero-order chi connectivity index (χ0) is 16.4. The van der Waals surface area contributed by atoms with Gasteiger partial charge in [0.25, 0.3) is 11.5 Å². The van der Waals surface area contributed by atoms with Crippen LogP contribution in [0.1, 0.15) is 22.6 Å². The van der Waals surface area contributed by atoms with E-state index < -0.39 is 0 Å². The molecule has 1 unspecified atom stereocenters. The maximum atomic E-state index is 12.4. The molecule has 0 saturated carbocycles. The number of pyridine rings is 1. The van der Waals surface area contributed by atoms with Crippen LogP contribution in [0, 0.1) is 6.92 Å². The second kappa shape index (κ2) is 6.20. The lowest BCUT2D eigenvalue weighted by atomic mass is 10.3. The molecule has 1 aliphatic rings. The van der Waals surface area contributed by atoms with E-state index in [1.165, 1.54) is 19.2 Å². The van der Waals surface area contributed by atoms with Crippen molar-refractivity contribution in [2.75, 3.05) is 13.1 Å². The number of nitrogens with zero attached hydrogens (tertiary/aromatic N) is 4. The van der Waals surface area contributed by atoms with Gasteiger partial charge in [0.15, 0.2) is 0 Å². The molecule has 0 N–H and O–H groups in total. The van der Waals surface area contributed by atoms with Crippen LogP contribution in [0.3, 0.4) is 0 Å². The number of rotatable bonds is 3. The van der Waals surface area contributed by atoms with Crippen LogP contribution in [0.15, 0.2) is 35.1 Å². The molecular weight excluding hydrogens is 296 g/mol. The van der Waals surface area contributed by atoms with Gasteiger partial charge in [0.2, 0.25) is 5.88 Å². The number of likely N-dealkylation sites (tertiary alicyclic amines) is 1. The Kier molecular flexibility index (Phi) is 4.10. The van der Waals surface area contributed by atoms with Gasteiger partial charge < -0.3 is 9.64 Å². The molecule has 0 radical (unpaired) electrons. The Morgan fingerprint density at radius 2 is 2.13 bits per heavy atom. The van der Waals surface area contributed by atoms with Crippen molar-refractivity contribution in [2.24, 2.45) is 7.05 Å². The van der Waals surface area contributed by atoms with Gasteiger partial charge in [-0.15, -0.1) is 0 Å². The van der Waals surface area contributed by atoms with Gasteiger partial charge in [-0.25, -0.2) is 9.67 Å². The fourth-order valence-electron chi connectivity index (χ4n) is 2.54. The molecular formula is C16H18N4O3. The predicted molar refractivity (Wildman–Crippen MR) is 83.4 cm³/mol. The van der Waals surface area contributed by atoms with Crippen molar-refractivity contribution in [1.29, 1.82) is 0 Å². The second-order valence-electron chi connectivity index (χ2n) is 5.58. The van der Waals surface area contributed by atoms with Crippen LogP contribution in [0.2, 0.25) is 0 Å². The van der Waals surface area contributed by atoms with Gasteiger partial charge in [0.1, 0.15) is 11.8 Å². The molecule has 0 aliphatic carbocycles. The summed E-state index contributed by atoms with van der Waals surface area (Å²) in [4.78, 5) is 29.8. The highest BCUT2D eigenvalue weighted by molar-refractivity contribution is 5.92. The molecule has 1 atom stereocenters. The molecule has 2 aromatic heterocycles. The van der Waals surface area contributed by atoms with Gasteiger partial charge in [-0.2, -0.15) is 5.10 Å². The third kappa shape index (κ3) is 3.39. The average molecular weight is 314 g/mol. The van der Waals surface area contributed by atoms with Crippen molar-refractivity contribution in [3.8, 4) is 5.88 Å². The number of hydrogen-bond acceptors (Lipinski definition) is 5. The van der Waals surface area contributed by atoms with Crippen molar-refractivity contribution < 1.29 is 9.53 Å². The normalized spacial score (nSPS) is 17.3. The Labute approximate surface area is 133 Å². The summed E-state index contributed by atoms with van der Waals surface area (Å²) in [5, 5.41) is 4.00. The molecule has 23 heavy (non-hydrogen) atoms. The van der Waals surface area contributed by atoms with Crippen LogP contribution >= 0.6 is 0 Å². The first kappa shape index (κ1) is 15.2. The van der Waals surface area contributed by atoms with Crippen molar-refractivity contribution in [1.82, 2.24) is 19.7 Å². The van der Waals surface area contributed by atoms with Gasteiger partial charge in [-0.3, -0.25) is 9.59 Å². The molecule has 1 fully saturated rings. The molecule has 3 heterocycles. The summed E-state index contributed by atoms with van der Waals surface area (Å²) < 4.78 is 7.00.